The van der Waals surface area contributed by atoms with Crippen molar-refractivity contribution in [2.75, 3.05) is 18.4 Å². The number of benzene rings is 1. The number of ketones is 1. The Morgan fingerprint density at radius 2 is 2.00 bits per heavy atom. The van der Waals surface area contributed by atoms with Crippen LogP contribution in [0.3, 0.4) is 0 Å². The number of nitrogens with zero attached hydrogens (tertiary/aromatic N) is 6. The molecule has 4 aromatic rings. The highest BCUT2D eigenvalue weighted by Gasteiger charge is 2.40. The van der Waals surface area contributed by atoms with Gasteiger partial charge in [-0.1, -0.05) is 0 Å². The zero-order chi connectivity index (χ0) is 24.9. The number of nitrogens with one attached hydrogen (secondary N) is 1. The van der Waals surface area contributed by atoms with Gasteiger partial charge in [-0.25, -0.2) is 9.67 Å². The first-order chi connectivity index (χ1) is 16.6. The Bertz CT molecular complexity index is 1420. The van der Waals surface area contributed by atoms with E-state index >= 15 is 0 Å². The molecule has 35 heavy (non-hydrogen) atoms. The number of hydrogen-bond acceptors (Lipinski definition) is 7. The summed E-state index contributed by atoms with van der Waals surface area (Å²) in [5, 5.41) is 17.2. The van der Waals surface area contributed by atoms with Gasteiger partial charge < -0.3 is 15.0 Å². The van der Waals surface area contributed by atoms with E-state index in [1.807, 2.05) is 13.1 Å². The number of anilines is 2. The third-order valence-corrected chi connectivity index (χ3v) is 5.96. The van der Waals surface area contributed by atoms with Crippen LogP contribution in [0.1, 0.15) is 21.6 Å². The molecule has 182 valence electrons. The van der Waals surface area contributed by atoms with Gasteiger partial charge in [0.15, 0.2) is 5.82 Å². The number of halogens is 3. The number of hydrogen-bond donors (Lipinski definition) is 2. The summed E-state index contributed by atoms with van der Waals surface area (Å²) in [7, 11) is 1.58. The van der Waals surface area contributed by atoms with E-state index in [0.717, 1.165) is 11.3 Å². The highest BCUT2D eigenvalue weighted by Crippen LogP contribution is 2.30. The third-order valence-electron chi connectivity index (χ3n) is 5.96. The predicted molar refractivity (Wildman–Crippen MR) is 122 cm³/mol. The minimum Gasteiger partial charge on any atom is -0.390 e. The molecule has 2 N–H and O–H groups in total. The number of β-amino-alcohol motifs (C(OH)–C–C–N with tert-alkyl or cyclic N) is 1. The van der Waals surface area contributed by atoms with Crippen molar-refractivity contribution in [3.8, 4) is 5.82 Å². The maximum atomic E-state index is 13.0. The van der Waals surface area contributed by atoms with Crippen molar-refractivity contribution in [2.45, 2.75) is 25.7 Å². The van der Waals surface area contributed by atoms with Crippen LogP contribution in [0.25, 0.3) is 16.7 Å². The molecule has 5 rings (SSSR count). The van der Waals surface area contributed by atoms with Gasteiger partial charge in [-0.05, 0) is 25.1 Å². The molecule has 1 aliphatic rings. The molecule has 1 aromatic carbocycles. The Balaban J connectivity index is 1.40. The molecule has 1 aliphatic heterocycles. The Morgan fingerprint density at radius 3 is 2.71 bits per heavy atom. The van der Waals surface area contributed by atoms with Crippen LogP contribution in [0, 0.1) is 6.92 Å². The number of fused-ring (bicyclic) bond motifs is 1. The minimum atomic E-state index is -4.97. The van der Waals surface area contributed by atoms with Crippen molar-refractivity contribution in [1.29, 1.82) is 0 Å². The molecule has 12 heteroatoms. The van der Waals surface area contributed by atoms with Gasteiger partial charge in [0.2, 0.25) is 5.95 Å². The molecule has 4 heterocycles. The van der Waals surface area contributed by atoms with E-state index in [4.69, 9.17) is 0 Å². The van der Waals surface area contributed by atoms with Gasteiger partial charge in [-0.2, -0.15) is 23.3 Å². The fourth-order valence-electron chi connectivity index (χ4n) is 4.15. The Labute approximate surface area is 197 Å². The van der Waals surface area contributed by atoms with E-state index in [1.165, 1.54) is 16.8 Å². The van der Waals surface area contributed by atoms with E-state index in [0.29, 0.717) is 36.7 Å². The van der Waals surface area contributed by atoms with Crippen LogP contribution in [0.5, 0.6) is 0 Å². The number of rotatable bonds is 6. The first-order valence-corrected chi connectivity index (χ1v) is 10.8. The molecule has 1 saturated heterocycles. The van der Waals surface area contributed by atoms with Crippen LogP contribution in [-0.2, 0) is 13.6 Å². The van der Waals surface area contributed by atoms with Crippen LogP contribution in [0.4, 0.5) is 24.8 Å². The number of aromatic nitrogens is 5. The lowest BCUT2D eigenvalue weighted by atomic mass is 10.1. The van der Waals surface area contributed by atoms with E-state index in [-0.39, 0.29) is 17.4 Å². The van der Waals surface area contributed by atoms with E-state index in [9.17, 15) is 23.1 Å². The van der Waals surface area contributed by atoms with Crippen molar-refractivity contribution in [2.24, 2.45) is 7.05 Å². The van der Waals surface area contributed by atoms with Gasteiger partial charge in [-0.15, -0.1) is 0 Å². The largest absolute Gasteiger partial charge is 0.454 e. The average Bonchev–Trinajstić information content (AvgIpc) is 3.31. The Morgan fingerprint density at radius 1 is 1.23 bits per heavy atom. The summed E-state index contributed by atoms with van der Waals surface area (Å²) in [5.74, 6) is -1.16. The topological polar surface area (TPSA) is 101 Å². The molecule has 0 unspecified atom stereocenters. The first-order valence-electron chi connectivity index (χ1n) is 10.8. The highest BCUT2D eigenvalue weighted by atomic mass is 19.4. The summed E-state index contributed by atoms with van der Waals surface area (Å²) in [5.41, 5.74) is 2.37. The Kier molecular flexibility index (Phi) is 5.56. The van der Waals surface area contributed by atoms with Crippen LogP contribution >= 0.6 is 0 Å². The molecule has 0 atom stereocenters. The first kappa shape index (κ1) is 23.0. The molecule has 9 nitrogen and oxygen atoms in total. The molecule has 0 radical (unpaired) electrons. The van der Waals surface area contributed by atoms with Gasteiger partial charge in [0, 0.05) is 73.5 Å². The fourth-order valence-corrected chi connectivity index (χ4v) is 4.15. The second-order valence-electron chi connectivity index (χ2n) is 8.61. The van der Waals surface area contributed by atoms with Crippen molar-refractivity contribution in [3.05, 3.63) is 59.7 Å². The summed E-state index contributed by atoms with van der Waals surface area (Å²) in [6, 6.07) is 6.47. The SMILES string of the molecule is Cc1nn(-c2ccnc(Nc3ccc4c(c3)c(C(=O)C(F)(F)F)cn4C)n2)cc1CN1CC(O)C1. The second-order valence-corrected chi connectivity index (χ2v) is 8.61. The standard InChI is InChI=1S/C23H22F3N7O2/c1-13-14(8-32-10-16(34)11-32)9-33(30-13)20-5-6-27-22(29-20)28-15-3-4-19-17(7-15)18(12-31(19)2)21(35)23(24,25)26/h3-7,9,12,16,34H,8,10-11H2,1-2H3,(H,27,28,29). The monoisotopic (exact) mass is 485 g/mol. The number of carbonyl (C=O) groups is 1. The van der Waals surface area contributed by atoms with Crippen LogP contribution in [0.2, 0.25) is 0 Å². The van der Waals surface area contributed by atoms with Gasteiger partial charge in [0.05, 0.1) is 17.4 Å². The number of aryl methyl sites for hydroxylation is 2. The molecule has 0 saturated carbocycles. The van der Waals surface area contributed by atoms with Crippen molar-refractivity contribution in [1.82, 2.24) is 29.2 Å². The zero-order valence-corrected chi connectivity index (χ0v) is 18.9. The maximum Gasteiger partial charge on any atom is 0.454 e. The number of alkyl halides is 3. The normalized spacial score (nSPS) is 14.9. The van der Waals surface area contributed by atoms with Gasteiger partial charge in [0.25, 0.3) is 5.78 Å². The van der Waals surface area contributed by atoms with Crippen molar-refractivity contribution in [3.63, 3.8) is 0 Å². The van der Waals surface area contributed by atoms with Crippen LogP contribution < -0.4 is 5.32 Å². The summed E-state index contributed by atoms with van der Waals surface area (Å²) in [4.78, 5) is 22.7. The van der Waals surface area contributed by atoms with E-state index < -0.39 is 17.5 Å². The lowest BCUT2D eigenvalue weighted by Gasteiger charge is -2.35. The predicted octanol–water partition coefficient (Wildman–Crippen LogP) is 3.13. The van der Waals surface area contributed by atoms with Crippen molar-refractivity contribution >= 4 is 28.3 Å². The maximum absolute atomic E-state index is 13.0. The molecule has 0 spiro atoms. The molecular formula is C23H22F3N7O2. The summed E-state index contributed by atoms with van der Waals surface area (Å²) in [6.45, 7) is 3.84. The highest BCUT2D eigenvalue weighted by molar-refractivity contribution is 6.11. The van der Waals surface area contributed by atoms with E-state index in [1.54, 1.807) is 36.1 Å². The third kappa shape index (κ3) is 4.49. The number of Topliss-reactive ketones (excluding diaryl/α,β-unsaturated/α-hetero) is 1. The Hall–Kier alpha value is -3.77. The fraction of sp³-hybridized carbons (Fsp3) is 0.304. The number of aliphatic hydroxyl groups is 1. The summed E-state index contributed by atoms with van der Waals surface area (Å²) < 4.78 is 42.3. The smallest absolute Gasteiger partial charge is 0.390 e. The lowest BCUT2D eigenvalue weighted by molar-refractivity contribution is -0.0884. The number of carbonyl (C=O) groups excluding carboxylic acids is 1. The van der Waals surface area contributed by atoms with Gasteiger partial charge >= 0.3 is 6.18 Å². The molecular weight excluding hydrogens is 463 g/mol. The number of aliphatic hydroxyl groups excluding tert-OH is 1. The molecule has 1 fully saturated rings. The van der Waals surface area contributed by atoms with Gasteiger partial charge in [0.1, 0.15) is 0 Å². The average molecular weight is 485 g/mol. The molecule has 0 bridgehead atoms. The van der Waals surface area contributed by atoms with Crippen LogP contribution in [-0.4, -0.2) is 65.5 Å². The number of likely N-dealkylation sites (tertiary alicyclic amines) is 1. The molecule has 3 aromatic heterocycles. The minimum absolute atomic E-state index is 0.180. The van der Waals surface area contributed by atoms with Gasteiger partial charge in [-0.3, -0.25) is 9.69 Å². The van der Waals surface area contributed by atoms with Crippen molar-refractivity contribution < 1.29 is 23.1 Å². The lowest BCUT2D eigenvalue weighted by Crippen LogP contribution is -2.49. The summed E-state index contributed by atoms with van der Waals surface area (Å²) >= 11 is 0. The van der Waals surface area contributed by atoms with Crippen LogP contribution in [0.15, 0.2) is 42.9 Å². The molecule has 0 amide bonds. The molecule has 0 aliphatic carbocycles. The van der Waals surface area contributed by atoms with E-state index in [2.05, 4.69) is 25.3 Å². The quantitative estimate of drug-likeness (QED) is 0.405. The summed E-state index contributed by atoms with van der Waals surface area (Å²) in [6.07, 6.45) is -0.645. The zero-order valence-electron chi connectivity index (χ0n) is 18.9. The second kappa shape index (κ2) is 8.47.